The summed E-state index contributed by atoms with van der Waals surface area (Å²) in [6, 6.07) is 16.8. The minimum atomic E-state index is -3.47. The maximum Gasteiger partial charge on any atom is 0.319 e. The second kappa shape index (κ2) is 10.1. The predicted molar refractivity (Wildman–Crippen MR) is 123 cm³/mol. The molecule has 1 saturated heterocycles. The number of hydrogen-bond donors (Lipinski definition) is 2. The standard InChI is InChI=1S/C22H30N4O4S/c1-17-15-26(16-18(2)30-17)31(28,29)14-13-23-22(27)24-20-11-7-8-12-21(20)25(3)19-9-5-4-6-10-19/h4-12,17-18H,13-16H2,1-3H3,(H2,23,24,27)/t17-,18+. The van der Waals surface area contributed by atoms with E-state index >= 15 is 0 Å². The molecule has 1 fully saturated rings. The predicted octanol–water partition coefficient (Wildman–Crippen LogP) is 3.02. The van der Waals surface area contributed by atoms with Crippen molar-refractivity contribution >= 4 is 33.1 Å². The van der Waals surface area contributed by atoms with Crippen molar-refractivity contribution < 1.29 is 17.9 Å². The number of urea groups is 1. The Morgan fingerprint density at radius 2 is 1.68 bits per heavy atom. The zero-order valence-electron chi connectivity index (χ0n) is 18.1. The van der Waals surface area contributed by atoms with Gasteiger partial charge in [0.15, 0.2) is 0 Å². The Kier molecular flexibility index (Phi) is 7.53. The quantitative estimate of drug-likeness (QED) is 0.682. The summed E-state index contributed by atoms with van der Waals surface area (Å²) in [6.45, 7) is 4.39. The van der Waals surface area contributed by atoms with Crippen LogP contribution in [0.3, 0.4) is 0 Å². The summed E-state index contributed by atoms with van der Waals surface area (Å²) in [5.41, 5.74) is 2.44. The molecule has 168 valence electrons. The van der Waals surface area contributed by atoms with Crippen LogP contribution in [0.5, 0.6) is 0 Å². The van der Waals surface area contributed by atoms with Crippen LogP contribution in [0.25, 0.3) is 0 Å². The Bertz CT molecular complexity index is 974. The van der Waals surface area contributed by atoms with Gasteiger partial charge in [0.05, 0.1) is 29.3 Å². The number of ether oxygens (including phenoxy) is 1. The van der Waals surface area contributed by atoms with E-state index in [1.54, 1.807) is 0 Å². The first kappa shape index (κ1) is 23.1. The van der Waals surface area contributed by atoms with Gasteiger partial charge in [-0.3, -0.25) is 0 Å². The van der Waals surface area contributed by atoms with Crippen molar-refractivity contribution in [2.75, 3.05) is 42.7 Å². The van der Waals surface area contributed by atoms with Gasteiger partial charge >= 0.3 is 6.03 Å². The molecule has 1 aliphatic rings. The lowest BCUT2D eigenvalue weighted by molar-refractivity contribution is -0.0440. The highest BCUT2D eigenvalue weighted by atomic mass is 32.2. The molecule has 2 aromatic rings. The van der Waals surface area contributed by atoms with Crippen LogP contribution in [0.4, 0.5) is 21.9 Å². The van der Waals surface area contributed by atoms with E-state index < -0.39 is 16.1 Å². The average Bonchev–Trinajstić information content (AvgIpc) is 2.73. The maximum absolute atomic E-state index is 12.6. The summed E-state index contributed by atoms with van der Waals surface area (Å²) in [6.07, 6.45) is -0.291. The molecule has 31 heavy (non-hydrogen) atoms. The Balaban J connectivity index is 1.57. The highest BCUT2D eigenvalue weighted by Gasteiger charge is 2.30. The Morgan fingerprint density at radius 1 is 1.06 bits per heavy atom. The van der Waals surface area contributed by atoms with Crippen LogP contribution in [0, 0.1) is 0 Å². The van der Waals surface area contributed by atoms with Gasteiger partial charge in [-0.15, -0.1) is 0 Å². The third kappa shape index (κ3) is 6.19. The summed E-state index contributed by atoms with van der Waals surface area (Å²) in [5, 5.41) is 5.47. The first-order valence-electron chi connectivity index (χ1n) is 10.3. The van der Waals surface area contributed by atoms with E-state index in [2.05, 4.69) is 10.6 Å². The molecule has 8 nitrogen and oxygen atoms in total. The second-order valence-electron chi connectivity index (χ2n) is 7.68. The third-order valence-corrected chi connectivity index (χ3v) is 6.89. The number of morpholine rings is 1. The smallest absolute Gasteiger partial charge is 0.319 e. The minimum absolute atomic E-state index is 0.0188. The average molecular weight is 447 g/mol. The number of nitrogens with one attached hydrogen (secondary N) is 2. The van der Waals surface area contributed by atoms with Gasteiger partial charge in [-0.05, 0) is 38.1 Å². The molecule has 2 amide bonds. The largest absolute Gasteiger partial charge is 0.373 e. The van der Waals surface area contributed by atoms with Crippen molar-refractivity contribution in [3.05, 3.63) is 54.6 Å². The van der Waals surface area contributed by atoms with Crippen molar-refractivity contribution in [3.8, 4) is 0 Å². The molecular formula is C22H30N4O4S. The van der Waals surface area contributed by atoms with Crippen LogP contribution < -0.4 is 15.5 Å². The number of anilines is 3. The summed E-state index contributed by atoms with van der Waals surface area (Å²) < 4.78 is 32.3. The summed E-state index contributed by atoms with van der Waals surface area (Å²) >= 11 is 0. The van der Waals surface area contributed by atoms with Crippen LogP contribution >= 0.6 is 0 Å². The summed E-state index contributed by atoms with van der Waals surface area (Å²) in [7, 11) is -1.55. The van der Waals surface area contributed by atoms with E-state index in [9.17, 15) is 13.2 Å². The third-order valence-electron chi connectivity index (χ3n) is 5.08. The van der Waals surface area contributed by atoms with Crippen LogP contribution in [0.2, 0.25) is 0 Å². The van der Waals surface area contributed by atoms with E-state index in [-0.39, 0.29) is 24.5 Å². The van der Waals surface area contributed by atoms with E-state index in [0.29, 0.717) is 18.8 Å². The van der Waals surface area contributed by atoms with E-state index in [0.717, 1.165) is 11.4 Å². The molecule has 0 radical (unpaired) electrons. The number of amides is 2. The van der Waals surface area contributed by atoms with E-state index in [1.165, 1.54) is 4.31 Å². The molecule has 2 N–H and O–H groups in total. The molecule has 3 rings (SSSR count). The Hall–Kier alpha value is -2.62. The fourth-order valence-electron chi connectivity index (χ4n) is 3.61. The topological polar surface area (TPSA) is 91.0 Å². The van der Waals surface area contributed by atoms with Crippen LogP contribution in [0.15, 0.2) is 54.6 Å². The number of carbonyl (C=O) groups excluding carboxylic acids is 1. The molecule has 0 unspecified atom stereocenters. The SMILES string of the molecule is C[C@@H]1CN(S(=O)(=O)CCNC(=O)Nc2ccccc2N(C)c2ccccc2)C[C@H](C)O1. The van der Waals surface area contributed by atoms with Gasteiger partial charge in [-0.2, -0.15) is 4.31 Å². The molecule has 1 aliphatic heterocycles. The molecule has 0 bridgehead atoms. The van der Waals surface area contributed by atoms with Gasteiger partial charge in [0, 0.05) is 32.4 Å². The minimum Gasteiger partial charge on any atom is -0.373 e. The van der Waals surface area contributed by atoms with Crippen molar-refractivity contribution in [1.29, 1.82) is 0 Å². The molecule has 0 spiro atoms. The molecule has 9 heteroatoms. The lowest BCUT2D eigenvalue weighted by atomic mass is 10.2. The highest BCUT2D eigenvalue weighted by molar-refractivity contribution is 7.89. The van der Waals surface area contributed by atoms with E-state index in [4.69, 9.17) is 4.74 Å². The molecule has 1 heterocycles. The lowest BCUT2D eigenvalue weighted by Gasteiger charge is -2.34. The zero-order valence-corrected chi connectivity index (χ0v) is 18.9. The number of sulfonamides is 1. The lowest BCUT2D eigenvalue weighted by Crippen LogP contribution is -2.49. The van der Waals surface area contributed by atoms with Crippen molar-refractivity contribution in [2.24, 2.45) is 0 Å². The molecule has 2 atom stereocenters. The molecular weight excluding hydrogens is 416 g/mol. The number of benzene rings is 2. The maximum atomic E-state index is 12.6. The van der Waals surface area contributed by atoms with Gasteiger partial charge < -0.3 is 20.3 Å². The first-order valence-corrected chi connectivity index (χ1v) is 11.9. The highest BCUT2D eigenvalue weighted by Crippen LogP contribution is 2.30. The number of rotatable bonds is 7. The van der Waals surface area contributed by atoms with Gasteiger partial charge in [0.1, 0.15) is 0 Å². The number of carbonyl (C=O) groups is 1. The van der Waals surface area contributed by atoms with Crippen molar-refractivity contribution in [3.63, 3.8) is 0 Å². The number of nitrogens with zero attached hydrogens (tertiary/aromatic N) is 2. The summed E-state index contributed by atoms with van der Waals surface area (Å²) in [4.78, 5) is 14.4. The monoisotopic (exact) mass is 446 g/mol. The van der Waals surface area contributed by atoms with Gasteiger partial charge in [-0.25, -0.2) is 13.2 Å². The van der Waals surface area contributed by atoms with Crippen LogP contribution in [-0.2, 0) is 14.8 Å². The van der Waals surface area contributed by atoms with Crippen molar-refractivity contribution in [2.45, 2.75) is 26.1 Å². The molecule has 0 saturated carbocycles. The zero-order chi connectivity index (χ0) is 22.4. The van der Waals surface area contributed by atoms with Crippen LogP contribution in [0.1, 0.15) is 13.8 Å². The Morgan fingerprint density at radius 3 is 2.35 bits per heavy atom. The fourth-order valence-corrected chi connectivity index (χ4v) is 5.10. The van der Waals surface area contributed by atoms with Gasteiger partial charge in [-0.1, -0.05) is 30.3 Å². The van der Waals surface area contributed by atoms with Gasteiger partial charge in [0.2, 0.25) is 10.0 Å². The van der Waals surface area contributed by atoms with E-state index in [1.807, 2.05) is 80.4 Å². The van der Waals surface area contributed by atoms with Gasteiger partial charge in [0.25, 0.3) is 0 Å². The molecule has 2 aromatic carbocycles. The number of para-hydroxylation sites is 3. The Labute approximate surface area is 184 Å². The molecule has 0 aromatic heterocycles. The van der Waals surface area contributed by atoms with Crippen molar-refractivity contribution in [1.82, 2.24) is 9.62 Å². The fraction of sp³-hybridized carbons (Fsp3) is 0.409. The molecule has 0 aliphatic carbocycles. The first-order chi connectivity index (χ1) is 14.8. The number of hydrogen-bond acceptors (Lipinski definition) is 5. The van der Waals surface area contributed by atoms with Crippen LogP contribution in [-0.4, -0.2) is 63.4 Å². The second-order valence-corrected chi connectivity index (χ2v) is 9.77. The normalized spacial score (nSPS) is 19.6. The summed E-state index contributed by atoms with van der Waals surface area (Å²) in [5.74, 6) is -0.161.